The number of aliphatic hydroxyl groups is 2. The Morgan fingerprint density at radius 2 is 0.984 bits per heavy atom. The number of ether oxygens (including phenoxy) is 5. The van der Waals surface area contributed by atoms with Crippen molar-refractivity contribution in [1.82, 2.24) is 10.5 Å². The molecule has 0 radical (unpaired) electrons. The quantitative estimate of drug-likeness (QED) is 0.0144. The zero-order valence-corrected chi connectivity index (χ0v) is 68.7. The number of hydrogen-bond donors (Lipinski definition) is 5. The van der Waals surface area contributed by atoms with Crippen LogP contribution in [0.25, 0.3) is 0 Å². The molecule has 26 heteroatoms. The van der Waals surface area contributed by atoms with Crippen molar-refractivity contribution in [1.29, 1.82) is 0 Å². The average Bonchev–Trinajstić information content (AvgIpc) is 0.778. The van der Waals surface area contributed by atoms with Crippen LogP contribution < -0.4 is 5.64 Å². The predicted molar refractivity (Wildman–Crippen MR) is 511 cm³/mol. The normalized spacial score (nSPS) is 21.7. The minimum atomic E-state index is -2.52. The summed E-state index contributed by atoms with van der Waals surface area (Å²) in [5.74, 6) is 108. The monoisotopic (exact) mass is 1720 g/mol. The number of amides is 1. The van der Waals surface area contributed by atoms with Gasteiger partial charge in [0.1, 0.15) is 30.1 Å². The van der Waals surface area contributed by atoms with Crippen molar-refractivity contribution in [2.75, 3.05) is 27.9 Å². The Hall–Kier alpha value is -13.7. The Labute approximate surface area is 764 Å². The smallest absolute Gasteiger partial charge is 0.329 e. The number of carbonyl (C=O) groups is 5. The highest BCUT2D eigenvalue weighted by Crippen LogP contribution is 2.39. The van der Waals surface area contributed by atoms with Crippen LogP contribution in [0.5, 0.6) is 0 Å². The summed E-state index contributed by atoms with van der Waals surface area (Å²) in [4.78, 5) is 78.1. The maximum Gasteiger partial charge on any atom is 0.329 e. The molecule has 1 amide bonds. The molecule has 1 aliphatic carbocycles. The van der Waals surface area contributed by atoms with Gasteiger partial charge >= 0.3 is 5.97 Å². The molecule has 690 valence electrons. The van der Waals surface area contributed by atoms with Crippen molar-refractivity contribution in [2.24, 2.45) is 29.6 Å². The van der Waals surface area contributed by atoms with E-state index in [1.165, 1.54) is 31.9 Å². The first-order chi connectivity index (χ1) is 59.3. The lowest BCUT2D eigenvalue weighted by atomic mass is 9.82. The zero-order chi connectivity index (χ0) is 89.3. The molecule has 5 N–H and O–H groups in total. The minimum absolute atomic E-state index is 0. The van der Waals surface area contributed by atoms with Gasteiger partial charge in [0.2, 0.25) is 5.79 Å². The number of allylic oxidation sites excluding steroid dienone is 5. The number of nitrogens with zero attached hydrogens (tertiary/aromatic N) is 1. The molecular formula is C96H152N2O24. The van der Waals surface area contributed by atoms with Gasteiger partial charge in [0, 0.05) is 273 Å². The first-order valence-corrected chi connectivity index (χ1v) is 37.1. The van der Waals surface area contributed by atoms with Crippen molar-refractivity contribution in [3.05, 3.63) is 35.5 Å². The van der Waals surface area contributed by atoms with Crippen LogP contribution in [-0.2, 0) is 97.9 Å². The summed E-state index contributed by atoms with van der Waals surface area (Å²) in [6.07, 6.45) is 10.5. The van der Waals surface area contributed by atoms with E-state index in [-0.39, 0.29) is 97.7 Å². The first-order valence-electron chi connectivity index (χ1n) is 37.1. The molecule has 2 saturated heterocycles. The summed E-state index contributed by atoms with van der Waals surface area (Å²) in [5, 5.41) is 64.8. The molecule has 13 atom stereocenters. The lowest BCUT2D eigenvalue weighted by molar-refractivity contribution is -0.792. The topological polar surface area (TPSA) is 320 Å². The molecule has 0 aromatic carbocycles. The summed E-state index contributed by atoms with van der Waals surface area (Å²) >= 11 is 0. The van der Waals surface area contributed by atoms with Crippen LogP contribution in [-0.4, -0.2) is 131 Å². The van der Waals surface area contributed by atoms with E-state index < -0.39 is 83.9 Å². The number of Topliss-reactive ketones (excluding diaryl/α,β-unsaturated/α-hetero) is 3. The van der Waals surface area contributed by atoms with Crippen molar-refractivity contribution >= 4 is 29.2 Å². The van der Waals surface area contributed by atoms with Gasteiger partial charge < -0.3 is 38.8 Å². The Kier molecular flexibility index (Phi) is 58.4. The number of nitrogens with one attached hydrogen (secondary N) is 1. The molecule has 3 fully saturated rings. The molecule has 4 rings (SSSR count). The second-order valence-corrected chi connectivity index (χ2v) is 25.2. The van der Waals surface area contributed by atoms with E-state index in [1.54, 1.807) is 27.7 Å². The number of carbonyl (C=O) groups excluding carboxylic acids is 5. The van der Waals surface area contributed by atoms with Crippen LogP contribution in [0.15, 0.2) is 35.5 Å². The number of methoxy groups -OCH3 is 3. The van der Waals surface area contributed by atoms with Crippen LogP contribution in [0.1, 0.15) is 194 Å². The number of cyclic esters (lactones) is 1. The largest absolute Gasteiger partial charge is 0.456 e. The van der Waals surface area contributed by atoms with E-state index in [9.17, 15) is 34.2 Å². The lowest BCUT2D eigenvalue weighted by Gasteiger charge is -2.47. The van der Waals surface area contributed by atoms with Crippen molar-refractivity contribution in [2.45, 2.75) is 194 Å². The third kappa shape index (κ3) is 46.4. The number of rotatable bonds is 20. The molecule has 4 aliphatic rings. The second kappa shape index (κ2) is 68.2. The van der Waals surface area contributed by atoms with Crippen LogP contribution in [0, 0.1) is 302 Å². The number of aliphatic hydroxyl groups excluding tert-OH is 1. The third-order valence-electron chi connectivity index (χ3n) is 16.8. The van der Waals surface area contributed by atoms with E-state index in [2.05, 4.69) is 343 Å². The SMILES string of the molecule is CC#CC#CC#CC#CC#CC#CC#CC#CC#CC#CC#CC#CC#CC#CC#CC#CC#CC#CC#CC#CC#CC#CC#CC.CCCC/C=C/C[C@@H]1/C=C(\C)C[C@H](C)C[C@H](OC)[C@H]2O[C@@](O)(C(=O)C(=O)N3CCCC[C@H]3C(=O)O[C@H](/C(C)=C/[C@@H]3CCC(=O)[C@H](OC)C3)[C@H](C)[C@@H](O)CC1=O)[C@H](C)C[C@@H]2OC.OOOOOONOOOOOO.[HH].[HH].[HH].[HH].[HH].[HH].[HH].[HH].[HH].[HH].[HH].[HH].[HH].[HH].[HH].[HH].[HH].[HH].[HH].[HH].[HH].[HH].[HH].[HH].[HH].[HH].[HH].[HH].[HH].[HH].[HH].[HH].[HH].[HH]. The van der Waals surface area contributed by atoms with Gasteiger partial charge in [-0.2, -0.15) is 0 Å². The van der Waals surface area contributed by atoms with E-state index in [0.29, 0.717) is 56.9 Å². The van der Waals surface area contributed by atoms with E-state index in [0.717, 1.165) is 24.8 Å². The third-order valence-corrected chi connectivity index (χ3v) is 16.8. The Morgan fingerprint density at radius 3 is 1.39 bits per heavy atom. The molecule has 2 bridgehead atoms. The molecule has 1 saturated carbocycles. The molecular weight excluding hydrogens is 1570 g/mol. The molecule has 3 aliphatic heterocycles. The van der Waals surface area contributed by atoms with Gasteiger partial charge in [-0.25, -0.2) is 15.3 Å². The first kappa shape index (κ1) is 104. The Balaban J connectivity index is -0.0000000473. The Morgan fingerprint density at radius 1 is 0.557 bits per heavy atom. The molecule has 0 unspecified atom stereocenters. The molecule has 0 aromatic heterocycles. The summed E-state index contributed by atoms with van der Waals surface area (Å²) < 4.78 is 29.8. The van der Waals surface area contributed by atoms with Gasteiger partial charge in [0.15, 0.2) is 5.78 Å². The number of hydrogen-bond acceptors (Lipinski definition) is 25. The van der Waals surface area contributed by atoms with Crippen LogP contribution in [0.2, 0.25) is 0 Å². The highest BCUT2D eigenvalue weighted by atomic mass is 17.9. The minimum Gasteiger partial charge on any atom is -0.456 e. The van der Waals surface area contributed by atoms with Crippen molar-refractivity contribution in [3.8, 4) is 272 Å². The predicted octanol–water partition coefficient (Wildman–Crippen LogP) is 14.7. The van der Waals surface area contributed by atoms with Gasteiger partial charge in [0.25, 0.3) is 11.7 Å². The fraction of sp³-hybridized carbons (Fsp3) is 0.406. The van der Waals surface area contributed by atoms with Crippen LogP contribution in [0.4, 0.5) is 0 Å². The zero-order valence-electron chi connectivity index (χ0n) is 68.7. The lowest BCUT2D eigenvalue weighted by Crippen LogP contribution is -2.64. The van der Waals surface area contributed by atoms with E-state index >= 15 is 0 Å². The average molecular weight is 1720 g/mol. The molecule has 26 nitrogen and oxygen atoms in total. The summed E-state index contributed by atoms with van der Waals surface area (Å²) in [6.45, 7) is 14.8. The summed E-state index contributed by atoms with van der Waals surface area (Å²) in [7, 11) is 4.58. The van der Waals surface area contributed by atoms with Gasteiger partial charge in [-0.3, -0.25) is 19.2 Å². The van der Waals surface area contributed by atoms with Gasteiger partial charge in [-0.15, -0.1) is 0 Å². The summed E-state index contributed by atoms with van der Waals surface area (Å²) in [6, 6.07) is -1.15. The van der Waals surface area contributed by atoms with Gasteiger partial charge in [-0.1, -0.05) is 92.2 Å². The highest BCUT2D eigenvalue weighted by Gasteiger charge is 2.57. The van der Waals surface area contributed by atoms with E-state index in [4.69, 9.17) is 34.2 Å². The fourth-order valence-electron chi connectivity index (χ4n) is 11.3. The van der Waals surface area contributed by atoms with Crippen LogP contribution >= 0.6 is 0 Å². The maximum atomic E-state index is 14.4. The molecule has 3 heterocycles. The fourth-order valence-corrected chi connectivity index (χ4v) is 11.3. The van der Waals surface area contributed by atoms with Crippen molar-refractivity contribution < 1.29 is 167 Å². The number of piperidine rings is 1. The summed E-state index contributed by atoms with van der Waals surface area (Å²) in [5.41, 5.74) is 2.99. The standard InChI is InChI=1S/C48H75NO12.C48H6.H3NO12.34H2/c1-10-11-12-13-14-17-35-23-29(2)22-30(3)24-41(58-8)44-42(59-9)26-32(5)48(56,61-44)45(53)46(54)49-21-16-15-18-36(49)47(55)60-43(33(6)38(51)28-39(35)52)31(4)25-34-19-20-37(50)40(27-34)57-7;1-3-5-7-9-11-13-15-17-19-21-23-25-27-29-31-33-35-37-39-41-43-45-47-48-46-44-42-40-38-36-34-32-30-28-26-24-22-20-18-16-14-12-10-8-6-4-2;2-6-10-12-8-4-1-5-9-13-11-7-3;;;;;;;;;;;;;;;;;;;;;;;;;;;;;;;;;;/h13-14,23,25,30,32-36,38,40-44,51,56H,10-12,15-22,24,26-28H2,1-9H3;1-2H3;1-3H;34*1H/b14-13+,29-23+,31-25+;;;;;;;;;;;;;;;;;;;;;;;;;;;;;;;;;;;;/t30-,32+,33+,34-,35+,36-,38-,40+,41-,42-,43+,44+,48+;;;;;;;;;;;;;;;;;;;;;;;;;;;;;;;;;;;;/m0..................................../s1. The van der Waals surface area contributed by atoms with Gasteiger partial charge in [0.05, 0.1) is 18.3 Å². The maximum absolute atomic E-state index is 14.4. The molecule has 0 aromatic rings. The van der Waals surface area contributed by atoms with Crippen LogP contribution in [0.3, 0.4) is 0 Å². The van der Waals surface area contributed by atoms with Crippen molar-refractivity contribution in [3.63, 3.8) is 0 Å². The second-order valence-electron chi connectivity index (χ2n) is 25.2. The number of esters is 1. The highest BCUT2D eigenvalue weighted by molar-refractivity contribution is 6.39. The molecule has 122 heavy (non-hydrogen) atoms. The number of fused-ring (bicyclic) bond motifs is 3. The Bertz CT molecular complexity index is 5240. The van der Waals surface area contributed by atoms with E-state index in [1.807, 2.05) is 32.1 Å². The number of unbranched alkanes of at least 4 members (excludes halogenated alkanes) is 2. The van der Waals surface area contributed by atoms with Gasteiger partial charge in [-0.05, 0) is 250 Å². The number of ketones is 3. The molecule has 0 spiro atoms.